The molecule has 0 amide bonds. The van der Waals surface area contributed by atoms with Crippen molar-refractivity contribution in [3.05, 3.63) is 23.3 Å². The summed E-state index contributed by atoms with van der Waals surface area (Å²) in [6.45, 7) is 4.28. The number of methoxy groups -OCH3 is 1. The number of hydrogen-bond donors (Lipinski definition) is 1. The van der Waals surface area contributed by atoms with Crippen molar-refractivity contribution in [2.75, 3.05) is 33.0 Å². The molecule has 0 atom stereocenters. The van der Waals surface area contributed by atoms with E-state index < -0.39 is 10.0 Å². The quantitative estimate of drug-likeness (QED) is 0.816. The molecule has 0 aromatic heterocycles. The van der Waals surface area contributed by atoms with Crippen molar-refractivity contribution in [2.45, 2.75) is 18.7 Å². The fourth-order valence-electron chi connectivity index (χ4n) is 1.65. The van der Waals surface area contributed by atoms with Gasteiger partial charge >= 0.3 is 0 Å². The first-order chi connectivity index (χ1) is 8.32. The summed E-state index contributed by atoms with van der Waals surface area (Å²) in [4.78, 5) is 0.195. The first-order valence-corrected chi connectivity index (χ1v) is 7.07. The monoisotopic (exact) mass is 272 g/mol. The van der Waals surface area contributed by atoms with Gasteiger partial charge in [0.25, 0.3) is 0 Å². The third kappa shape index (κ3) is 2.82. The van der Waals surface area contributed by atoms with Crippen LogP contribution in [0, 0.1) is 13.8 Å². The highest BCUT2D eigenvalue weighted by molar-refractivity contribution is 7.89. The summed E-state index contributed by atoms with van der Waals surface area (Å²) in [6.07, 6.45) is 0. The van der Waals surface area contributed by atoms with Gasteiger partial charge in [-0.25, -0.2) is 8.42 Å². The molecule has 0 fully saturated rings. The summed E-state index contributed by atoms with van der Waals surface area (Å²) in [7, 11) is -0.509. The van der Waals surface area contributed by atoms with Crippen molar-refractivity contribution in [3.63, 3.8) is 0 Å². The highest BCUT2D eigenvalue weighted by atomic mass is 32.2. The van der Waals surface area contributed by atoms with Gasteiger partial charge in [0, 0.05) is 20.7 Å². The standard InChI is InChI=1S/C12H20N2O3S/c1-9-5-6-11(13)12(10(9)2)18(15,16)14(3)7-8-17-4/h5-6H,7-8,13H2,1-4H3. The molecule has 102 valence electrons. The fourth-order valence-corrected chi connectivity index (χ4v) is 3.19. The Morgan fingerprint density at radius 3 is 2.50 bits per heavy atom. The van der Waals surface area contributed by atoms with Crippen LogP contribution in [0.1, 0.15) is 11.1 Å². The van der Waals surface area contributed by atoms with Crippen LogP contribution in [0.15, 0.2) is 17.0 Å². The molecule has 0 saturated heterocycles. The minimum Gasteiger partial charge on any atom is -0.398 e. The van der Waals surface area contributed by atoms with Crippen molar-refractivity contribution in [1.29, 1.82) is 0 Å². The third-order valence-corrected chi connectivity index (χ3v) is 5.05. The van der Waals surface area contributed by atoms with Crippen molar-refractivity contribution in [1.82, 2.24) is 4.31 Å². The summed E-state index contributed by atoms with van der Waals surface area (Å²) >= 11 is 0. The minimum absolute atomic E-state index is 0.195. The average Bonchev–Trinajstić information content (AvgIpc) is 2.31. The molecule has 0 bridgehead atoms. The molecule has 6 heteroatoms. The Kier molecular flexibility index (Phi) is 4.72. The SMILES string of the molecule is COCCN(C)S(=O)(=O)c1c(N)ccc(C)c1C. The lowest BCUT2D eigenvalue weighted by Gasteiger charge is -2.20. The van der Waals surface area contributed by atoms with Crippen molar-refractivity contribution >= 4 is 15.7 Å². The van der Waals surface area contributed by atoms with Gasteiger partial charge in [-0.1, -0.05) is 6.07 Å². The van der Waals surface area contributed by atoms with Crippen LogP contribution in [-0.2, 0) is 14.8 Å². The largest absolute Gasteiger partial charge is 0.398 e. The normalized spacial score (nSPS) is 12.1. The van der Waals surface area contributed by atoms with E-state index in [9.17, 15) is 8.42 Å². The molecule has 0 aliphatic heterocycles. The number of benzene rings is 1. The van der Waals surface area contributed by atoms with Gasteiger partial charge in [-0.3, -0.25) is 0 Å². The van der Waals surface area contributed by atoms with E-state index >= 15 is 0 Å². The minimum atomic E-state index is -3.57. The van der Waals surface area contributed by atoms with Gasteiger partial charge in [0.2, 0.25) is 10.0 Å². The summed E-state index contributed by atoms with van der Waals surface area (Å²) in [5, 5.41) is 0. The molecule has 0 saturated carbocycles. The van der Waals surface area contributed by atoms with Gasteiger partial charge in [0.1, 0.15) is 4.90 Å². The number of rotatable bonds is 5. The summed E-state index contributed by atoms with van der Waals surface area (Å²) in [5.74, 6) is 0. The Morgan fingerprint density at radius 1 is 1.33 bits per heavy atom. The van der Waals surface area contributed by atoms with Crippen LogP contribution in [0.25, 0.3) is 0 Å². The van der Waals surface area contributed by atoms with Gasteiger partial charge in [-0.15, -0.1) is 0 Å². The number of sulfonamides is 1. The lowest BCUT2D eigenvalue weighted by atomic mass is 10.1. The molecule has 5 nitrogen and oxygen atoms in total. The molecule has 0 radical (unpaired) electrons. The summed E-state index contributed by atoms with van der Waals surface area (Å²) in [6, 6.07) is 3.44. The maximum atomic E-state index is 12.4. The van der Waals surface area contributed by atoms with Crippen LogP contribution in [0.5, 0.6) is 0 Å². The van der Waals surface area contributed by atoms with Gasteiger partial charge in [-0.2, -0.15) is 4.31 Å². The second-order valence-corrected chi connectivity index (χ2v) is 6.23. The zero-order valence-corrected chi connectivity index (χ0v) is 12.0. The number of aryl methyl sites for hydroxylation is 1. The van der Waals surface area contributed by atoms with E-state index in [0.29, 0.717) is 18.7 Å². The molecule has 18 heavy (non-hydrogen) atoms. The van der Waals surface area contributed by atoms with Gasteiger partial charge in [0.05, 0.1) is 12.3 Å². The zero-order valence-electron chi connectivity index (χ0n) is 11.2. The molecule has 0 spiro atoms. The number of likely N-dealkylation sites (N-methyl/N-ethyl adjacent to an activating group) is 1. The van der Waals surface area contributed by atoms with Gasteiger partial charge < -0.3 is 10.5 Å². The summed E-state index contributed by atoms with van der Waals surface area (Å²) in [5.41, 5.74) is 7.68. The van der Waals surface area contributed by atoms with Crippen molar-refractivity contribution in [3.8, 4) is 0 Å². The molecule has 1 aromatic rings. The predicted octanol–water partition coefficient (Wildman–Crippen LogP) is 1.15. The third-order valence-electron chi connectivity index (χ3n) is 2.99. The number of hydrogen-bond acceptors (Lipinski definition) is 4. The number of nitrogens with two attached hydrogens (primary N) is 1. The van der Waals surface area contributed by atoms with Crippen LogP contribution in [0.4, 0.5) is 5.69 Å². The topological polar surface area (TPSA) is 72.6 Å². The van der Waals surface area contributed by atoms with E-state index in [2.05, 4.69) is 0 Å². The molecule has 2 N–H and O–H groups in total. The number of anilines is 1. The molecule has 0 heterocycles. The molecular formula is C12H20N2O3S. The molecule has 0 aliphatic rings. The number of nitrogens with zero attached hydrogens (tertiary/aromatic N) is 1. The lowest BCUT2D eigenvalue weighted by molar-refractivity contribution is 0.185. The first kappa shape index (κ1) is 14.9. The van der Waals surface area contributed by atoms with Gasteiger partial charge in [-0.05, 0) is 31.0 Å². The summed E-state index contributed by atoms with van der Waals surface area (Å²) < 4.78 is 31.0. The highest BCUT2D eigenvalue weighted by Gasteiger charge is 2.25. The average molecular weight is 272 g/mol. The smallest absolute Gasteiger partial charge is 0.245 e. The van der Waals surface area contributed by atoms with Crippen molar-refractivity contribution in [2.24, 2.45) is 0 Å². The van der Waals surface area contributed by atoms with E-state index in [4.69, 9.17) is 10.5 Å². The fraction of sp³-hybridized carbons (Fsp3) is 0.500. The van der Waals surface area contributed by atoms with E-state index in [1.807, 2.05) is 13.0 Å². The molecule has 1 rings (SSSR count). The maximum Gasteiger partial charge on any atom is 0.245 e. The Bertz CT molecular complexity index is 526. The Hall–Kier alpha value is -1.11. The first-order valence-electron chi connectivity index (χ1n) is 5.63. The molecule has 0 aliphatic carbocycles. The Balaban J connectivity index is 3.24. The molecular weight excluding hydrogens is 252 g/mol. The second kappa shape index (κ2) is 5.69. The van der Waals surface area contributed by atoms with Gasteiger partial charge in [0.15, 0.2) is 0 Å². The van der Waals surface area contributed by atoms with Crippen LogP contribution in [0.2, 0.25) is 0 Å². The second-order valence-electron chi connectivity index (χ2n) is 4.25. The number of nitrogen functional groups attached to an aromatic ring is 1. The number of ether oxygens (including phenoxy) is 1. The predicted molar refractivity (Wildman–Crippen MR) is 72.0 cm³/mol. The highest BCUT2D eigenvalue weighted by Crippen LogP contribution is 2.27. The zero-order chi connectivity index (χ0) is 13.9. The maximum absolute atomic E-state index is 12.4. The van der Waals surface area contributed by atoms with Crippen LogP contribution in [0.3, 0.4) is 0 Å². The molecule has 1 aromatic carbocycles. The van der Waals surface area contributed by atoms with E-state index in [-0.39, 0.29) is 10.6 Å². The van der Waals surface area contributed by atoms with Crippen LogP contribution < -0.4 is 5.73 Å². The van der Waals surface area contributed by atoms with Crippen LogP contribution in [-0.4, -0.2) is 40.0 Å². The Morgan fingerprint density at radius 2 is 1.94 bits per heavy atom. The van der Waals surface area contributed by atoms with E-state index in [1.54, 1.807) is 13.0 Å². The van der Waals surface area contributed by atoms with Crippen LogP contribution >= 0.6 is 0 Å². The van der Waals surface area contributed by atoms with E-state index in [1.165, 1.54) is 18.5 Å². The lowest BCUT2D eigenvalue weighted by Crippen LogP contribution is -2.31. The van der Waals surface area contributed by atoms with Crippen molar-refractivity contribution < 1.29 is 13.2 Å². The Labute approximate surface area is 109 Å². The van der Waals surface area contributed by atoms with E-state index in [0.717, 1.165) is 5.56 Å². The molecule has 0 unspecified atom stereocenters.